The van der Waals surface area contributed by atoms with E-state index >= 15 is 0 Å². The number of allylic oxidation sites excluding steroid dienone is 2. The maximum atomic E-state index is 13.3. The predicted molar refractivity (Wildman–Crippen MR) is 135 cm³/mol. The molecule has 1 heterocycles. The van der Waals surface area contributed by atoms with Gasteiger partial charge in [-0.25, -0.2) is 4.79 Å². The summed E-state index contributed by atoms with van der Waals surface area (Å²) in [4.78, 5) is 24.0. The van der Waals surface area contributed by atoms with E-state index in [0.717, 1.165) is 34.0 Å². The molecule has 4 aromatic rings. The quantitative estimate of drug-likeness (QED) is 0.119. The second-order valence-electron chi connectivity index (χ2n) is 8.99. The van der Waals surface area contributed by atoms with Crippen molar-refractivity contribution in [3.05, 3.63) is 124 Å². The van der Waals surface area contributed by atoms with Crippen molar-refractivity contribution < 1.29 is 14.5 Å². The van der Waals surface area contributed by atoms with Crippen molar-refractivity contribution >= 4 is 28.1 Å². The molecule has 0 radical (unpaired) electrons. The van der Waals surface area contributed by atoms with Gasteiger partial charge in [0.1, 0.15) is 5.75 Å². The highest BCUT2D eigenvalue weighted by atomic mass is 16.6. The highest BCUT2D eigenvalue weighted by molar-refractivity contribution is 5.98. The van der Waals surface area contributed by atoms with Crippen molar-refractivity contribution in [3.8, 4) is 5.75 Å². The summed E-state index contributed by atoms with van der Waals surface area (Å²) in [6, 6.07) is 25.8. The number of rotatable bonds is 4. The third-order valence-electron chi connectivity index (χ3n) is 7.01. The summed E-state index contributed by atoms with van der Waals surface area (Å²) in [5.74, 6) is 0.482. The molecule has 6 nitrogen and oxygen atoms in total. The van der Waals surface area contributed by atoms with Crippen molar-refractivity contribution in [2.45, 2.75) is 18.4 Å². The largest absolute Gasteiger partial charge is 0.423 e. The standard InChI is InChI=1S/C29H22N2O4/c32-29(35-22-16-13-18-5-1-2-6-20(18)17-22)26-10-4-9-25-23-7-3-8-24(23)27(30-28(25)26)19-11-14-21(15-12-19)31(33)34/h1-7,9-17,23-24,27,30H,8H2/t23-,24-,27+/m0/s1. The monoisotopic (exact) mass is 462 g/mol. The molecular weight excluding hydrogens is 440 g/mol. The number of anilines is 1. The van der Waals surface area contributed by atoms with E-state index in [0.29, 0.717) is 11.3 Å². The average Bonchev–Trinajstić information content (AvgIpc) is 3.38. The van der Waals surface area contributed by atoms with Crippen LogP contribution in [0.15, 0.2) is 97.1 Å². The maximum absolute atomic E-state index is 13.3. The SMILES string of the molecule is O=C(Oc1ccc2ccccc2c1)c1cccc2c1N[C@H](c1ccc([N+](=O)[O-])cc1)[C@H]1CC=C[C@H]21. The molecule has 2 aliphatic rings. The Balaban J connectivity index is 1.34. The number of benzene rings is 4. The van der Waals surface area contributed by atoms with Gasteiger partial charge in [-0.15, -0.1) is 0 Å². The fourth-order valence-electron chi connectivity index (χ4n) is 5.32. The Morgan fingerprint density at radius 1 is 0.943 bits per heavy atom. The number of non-ortho nitro benzene ring substituents is 1. The van der Waals surface area contributed by atoms with Gasteiger partial charge in [0, 0.05) is 18.1 Å². The van der Waals surface area contributed by atoms with Crippen LogP contribution in [0.1, 0.15) is 39.9 Å². The number of nitro benzene ring substituents is 1. The van der Waals surface area contributed by atoms with E-state index in [4.69, 9.17) is 4.74 Å². The van der Waals surface area contributed by atoms with Gasteiger partial charge in [0.05, 0.1) is 22.2 Å². The molecule has 172 valence electrons. The van der Waals surface area contributed by atoms with Crippen LogP contribution in [0.2, 0.25) is 0 Å². The molecule has 0 saturated carbocycles. The first-order chi connectivity index (χ1) is 17.1. The molecule has 6 rings (SSSR count). The van der Waals surface area contributed by atoms with Gasteiger partial charge in [-0.1, -0.05) is 66.7 Å². The number of hydrogen-bond acceptors (Lipinski definition) is 5. The van der Waals surface area contributed by atoms with Crippen LogP contribution in [0, 0.1) is 16.0 Å². The summed E-state index contributed by atoms with van der Waals surface area (Å²) in [6.45, 7) is 0. The summed E-state index contributed by atoms with van der Waals surface area (Å²) >= 11 is 0. The van der Waals surface area contributed by atoms with Gasteiger partial charge in [-0.3, -0.25) is 10.1 Å². The highest BCUT2D eigenvalue weighted by Crippen LogP contribution is 2.50. The lowest BCUT2D eigenvalue weighted by molar-refractivity contribution is -0.384. The third-order valence-corrected chi connectivity index (χ3v) is 7.01. The van der Waals surface area contributed by atoms with Crippen LogP contribution in [0.3, 0.4) is 0 Å². The van der Waals surface area contributed by atoms with Crippen LogP contribution in [0.5, 0.6) is 5.75 Å². The van der Waals surface area contributed by atoms with Crippen LogP contribution in [-0.2, 0) is 0 Å². The fourth-order valence-corrected chi connectivity index (χ4v) is 5.32. The second-order valence-corrected chi connectivity index (χ2v) is 8.99. The van der Waals surface area contributed by atoms with Gasteiger partial charge in [0.25, 0.3) is 5.69 Å². The number of carbonyl (C=O) groups excluding carboxylic acids is 1. The number of esters is 1. The van der Waals surface area contributed by atoms with Crippen molar-refractivity contribution in [1.29, 1.82) is 0 Å². The van der Waals surface area contributed by atoms with Crippen molar-refractivity contribution in [3.63, 3.8) is 0 Å². The lowest BCUT2D eigenvalue weighted by Gasteiger charge is -2.38. The summed E-state index contributed by atoms with van der Waals surface area (Å²) in [5.41, 5.74) is 3.31. The Morgan fingerprint density at radius 3 is 2.54 bits per heavy atom. The number of nitro groups is 1. The molecule has 0 unspecified atom stereocenters. The number of ether oxygens (including phenoxy) is 1. The zero-order valence-corrected chi connectivity index (χ0v) is 18.8. The first kappa shape index (κ1) is 21.1. The number of nitrogens with zero attached hydrogens (tertiary/aromatic N) is 1. The highest BCUT2D eigenvalue weighted by Gasteiger charge is 2.39. The molecule has 0 fully saturated rings. The van der Waals surface area contributed by atoms with Crippen LogP contribution >= 0.6 is 0 Å². The Labute approximate surface area is 202 Å². The van der Waals surface area contributed by atoms with Crippen LogP contribution in [0.4, 0.5) is 11.4 Å². The summed E-state index contributed by atoms with van der Waals surface area (Å²) in [7, 11) is 0. The molecule has 1 aliphatic heterocycles. The van der Waals surface area contributed by atoms with E-state index in [-0.39, 0.29) is 23.6 Å². The lowest BCUT2D eigenvalue weighted by atomic mass is 9.76. The van der Waals surface area contributed by atoms with Crippen molar-refractivity contribution in [2.75, 3.05) is 5.32 Å². The third kappa shape index (κ3) is 3.73. The molecule has 0 saturated heterocycles. The first-order valence-corrected chi connectivity index (χ1v) is 11.6. The molecule has 35 heavy (non-hydrogen) atoms. The number of hydrogen-bond donors (Lipinski definition) is 1. The predicted octanol–water partition coefficient (Wildman–Crippen LogP) is 6.79. The molecule has 6 heteroatoms. The van der Waals surface area contributed by atoms with Crippen molar-refractivity contribution in [1.82, 2.24) is 0 Å². The van der Waals surface area contributed by atoms with Gasteiger partial charge in [-0.2, -0.15) is 0 Å². The lowest BCUT2D eigenvalue weighted by Crippen LogP contribution is -2.30. The number of carbonyl (C=O) groups is 1. The van der Waals surface area contributed by atoms with Gasteiger partial charge in [-0.05, 0) is 52.4 Å². The number of nitrogens with one attached hydrogen (secondary N) is 1. The summed E-state index contributed by atoms with van der Waals surface area (Å²) in [5, 5.41) is 16.8. The minimum absolute atomic E-state index is 0.0608. The molecule has 0 aromatic heterocycles. The molecule has 0 spiro atoms. The maximum Gasteiger partial charge on any atom is 0.345 e. The van der Waals surface area contributed by atoms with Gasteiger partial charge < -0.3 is 10.1 Å². The minimum Gasteiger partial charge on any atom is -0.423 e. The molecular formula is C29H22N2O4. The van der Waals surface area contributed by atoms with Gasteiger partial charge >= 0.3 is 5.97 Å². The van der Waals surface area contributed by atoms with Gasteiger partial charge in [0.15, 0.2) is 0 Å². The fraction of sp³-hybridized carbons (Fsp3) is 0.138. The molecule has 0 amide bonds. The number of para-hydroxylation sites is 1. The molecule has 1 N–H and O–H groups in total. The summed E-state index contributed by atoms with van der Waals surface area (Å²) in [6.07, 6.45) is 5.26. The first-order valence-electron chi connectivity index (χ1n) is 11.6. The zero-order valence-electron chi connectivity index (χ0n) is 18.8. The van der Waals surface area contributed by atoms with E-state index in [1.165, 1.54) is 12.1 Å². The molecule has 4 aromatic carbocycles. The molecule has 0 bridgehead atoms. The van der Waals surface area contributed by atoms with E-state index in [1.54, 1.807) is 24.3 Å². The van der Waals surface area contributed by atoms with Crippen LogP contribution in [-0.4, -0.2) is 10.9 Å². The van der Waals surface area contributed by atoms with Gasteiger partial charge in [0.2, 0.25) is 0 Å². The van der Waals surface area contributed by atoms with Crippen LogP contribution < -0.4 is 10.1 Å². The Morgan fingerprint density at radius 2 is 1.74 bits per heavy atom. The smallest absolute Gasteiger partial charge is 0.345 e. The van der Waals surface area contributed by atoms with E-state index in [2.05, 4.69) is 23.5 Å². The van der Waals surface area contributed by atoms with E-state index < -0.39 is 10.9 Å². The average molecular weight is 463 g/mol. The van der Waals surface area contributed by atoms with E-state index in [1.807, 2.05) is 42.5 Å². The second kappa shape index (κ2) is 8.40. The molecule has 1 aliphatic carbocycles. The summed E-state index contributed by atoms with van der Waals surface area (Å²) < 4.78 is 5.80. The van der Waals surface area contributed by atoms with Crippen LogP contribution in [0.25, 0.3) is 10.8 Å². The Hall–Kier alpha value is -4.45. The number of fused-ring (bicyclic) bond motifs is 4. The normalized spacial score (nSPS) is 20.1. The zero-order chi connectivity index (χ0) is 23.9. The Kier molecular flexibility index (Phi) is 5.07. The minimum atomic E-state index is -0.424. The van der Waals surface area contributed by atoms with Crippen molar-refractivity contribution in [2.24, 2.45) is 5.92 Å². The molecule has 3 atom stereocenters. The topological polar surface area (TPSA) is 81.5 Å². The van der Waals surface area contributed by atoms with E-state index in [9.17, 15) is 14.9 Å². The Bertz CT molecular complexity index is 1490.